The molecule has 4 heteroatoms. The van der Waals surface area contributed by atoms with E-state index < -0.39 is 0 Å². The fourth-order valence-corrected chi connectivity index (χ4v) is 2.62. The highest BCUT2D eigenvalue weighted by atomic mass is 79.9. The van der Waals surface area contributed by atoms with Crippen molar-refractivity contribution in [1.29, 1.82) is 0 Å². The molecule has 0 aromatic heterocycles. The van der Waals surface area contributed by atoms with Crippen LogP contribution in [-0.2, 0) is 6.42 Å². The van der Waals surface area contributed by atoms with Gasteiger partial charge in [0.05, 0.1) is 0 Å². The summed E-state index contributed by atoms with van der Waals surface area (Å²) in [4.78, 5) is 12.1. The summed E-state index contributed by atoms with van der Waals surface area (Å²) in [5, 5.41) is 0.945. The van der Waals surface area contributed by atoms with Crippen LogP contribution in [0.1, 0.15) is 15.9 Å². The Hall–Kier alpha value is -0.830. The monoisotopic (exact) mass is 342 g/mol. The van der Waals surface area contributed by atoms with Crippen LogP contribution in [0.2, 0.25) is 10.0 Å². The lowest BCUT2D eigenvalue weighted by atomic mass is 10.0. The minimum Gasteiger partial charge on any atom is -0.294 e. The molecule has 0 unspecified atom stereocenters. The Morgan fingerprint density at radius 1 is 1.06 bits per heavy atom. The van der Waals surface area contributed by atoms with Crippen molar-refractivity contribution < 1.29 is 4.79 Å². The van der Waals surface area contributed by atoms with Gasteiger partial charge in [-0.05, 0) is 35.9 Å². The molecule has 0 radical (unpaired) electrons. The highest BCUT2D eigenvalue weighted by Gasteiger charge is 2.09. The first kappa shape index (κ1) is 13.6. The number of ketones is 1. The van der Waals surface area contributed by atoms with Crippen LogP contribution in [0.3, 0.4) is 0 Å². The first-order valence-corrected chi connectivity index (χ1v) is 6.83. The highest BCUT2D eigenvalue weighted by molar-refractivity contribution is 9.10. The Kier molecular flexibility index (Phi) is 4.44. The van der Waals surface area contributed by atoms with Crippen molar-refractivity contribution in [1.82, 2.24) is 0 Å². The molecule has 0 amide bonds. The van der Waals surface area contributed by atoms with Gasteiger partial charge in [-0.1, -0.05) is 51.3 Å². The van der Waals surface area contributed by atoms with Crippen molar-refractivity contribution in [3.8, 4) is 0 Å². The topological polar surface area (TPSA) is 17.1 Å². The second kappa shape index (κ2) is 5.87. The van der Waals surface area contributed by atoms with Gasteiger partial charge in [0.25, 0.3) is 0 Å². The third-order valence-corrected chi connectivity index (χ3v) is 3.37. The Morgan fingerprint density at radius 2 is 1.72 bits per heavy atom. The first-order chi connectivity index (χ1) is 8.54. The van der Waals surface area contributed by atoms with Crippen molar-refractivity contribution in [3.05, 3.63) is 68.1 Å². The Bertz CT molecular complexity index is 576. The molecule has 1 nitrogen and oxygen atoms in total. The molecule has 0 aliphatic rings. The van der Waals surface area contributed by atoms with Crippen LogP contribution in [0.25, 0.3) is 0 Å². The lowest BCUT2D eigenvalue weighted by Crippen LogP contribution is -2.03. The van der Waals surface area contributed by atoms with Gasteiger partial charge < -0.3 is 0 Å². The second-order valence-electron chi connectivity index (χ2n) is 3.89. The molecule has 2 aromatic rings. The molecule has 2 aromatic carbocycles. The van der Waals surface area contributed by atoms with Crippen molar-refractivity contribution in [3.63, 3.8) is 0 Å². The Balaban J connectivity index is 2.22. The number of benzene rings is 2. The van der Waals surface area contributed by atoms with E-state index in [1.54, 1.807) is 18.2 Å². The Labute approximate surface area is 124 Å². The minimum absolute atomic E-state index is 0.00231. The molecular formula is C14H9BrCl2O. The van der Waals surface area contributed by atoms with E-state index in [9.17, 15) is 4.79 Å². The van der Waals surface area contributed by atoms with Gasteiger partial charge >= 0.3 is 0 Å². The number of Topliss-reactive ketones (excluding diaryl/α,β-unsaturated/α-hetero) is 1. The highest BCUT2D eigenvalue weighted by Crippen LogP contribution is 2.21. The normalized spacial score (nSPS) is 10.4. The van der Waals surface area contributed by atoms with Crippen LogP contribution in [-0.4, -0.2) is 5.78 Å². The van der Waals surface area contributed by atoms with E-state index in [1.165, 1.54) is 0 Å². The molecular weight excluding hydrogens is 335 g/mol. The maximum Gasteiger partial charge on any atom is 0.167 e. The fourth-order valence-electron chi connectivity index (χ4n) is 1.65. The number of hydrogen-bond donors (Lipinski definition) is 0. The van der Waals surface area contributed by atoms with Crippen LogP contribution in [0.15, 0.2) is 46.9 Å². The van der Waals surface area contributed by atoms with Gasteiger partial charge in [0.15, 0.2) is 5.78 Å². The largest absolute Gasteiger partial charge is 0.294 e. The molecule has 92 valence electrons. The summed E-state index contributed by atoms with van der Waals surface area (Å²) in [5.41, 5.74) is 1.48. The molecule has 0 aliphatic carbocycles. The van der Waals surface area contributed by atoms with Gasteiger partial charge in [-0.25, -0.2) is 0 Å². The summed E-state index contributed by atoms with van der Waals surface area (Å²) in [7, 11) is 0. The van der Waals surface area contributed by atoms with Crippen molar-refractivity contribution in [2.45, 2.75) is 6.42 Å². The zero-order chi connectivity index (χ0) is 13.1. The number of rotatable bonds is 3. The second-order valence-corrected chi connectivity index (χ2v) is 5.68. The molecule has 0 saturated carbocycles. The molecule has 0 spiro atoms. The molecule has 0 aliphatic heterocycles. The van der Waals surface area contributed by atoms with Crippen LogP contribution in [0.4, 0.5) is 0 Å². The van der Waals surface area contributed by atoms with Crippen LogP contribution >= 0.6 is 39.1 Å². The third-order valence-electron chi connectivity index (χ3n) is 2.44. The third kappa shape index (κ3) is 3.58. The van der Waals surface area contributed by atoms with Crippen molar-refractivity contribution in [2.75, 3.05) is 0 Å². The van der Waals surface area contributed by atoms with Crippen LogP contribution < -0.4 is 0 Å². The van der Waals surface area contributed by atoms with Crippen molar-refractivity contribution in [2.24, 2.45) is 0 Å². The Morgan fingerprint density at radius 3 is 2.33 bits per heavy atom. The molecule has 0 atom stereocenters. The fraction of sp³-hybridized carbons (Fsp3) is 0.0714. The van der Waals surface area contributed by atoms with Gasteiger partial charge in [-0.2, -0.15) is 0 Å². The molecule has 0 bridgehead atoms. The van der Waals surface area contributed by atoms with Crippen molar-refractivity contribution >= 4 is 44.9 Å². The SMILES string of the molecule is O=C(Cc1cccc(Br)c1)c1cc(Cl)cc(Cl)c1. The maximum atomic E-state index is 12.1. The standard InChI is InChI=1S/C14H9BrCl2O/c15-11-3-1-2-9(4-11)5-14(18)10-6-12(16)8-13(17)7-10/h1-4,6-8H,5H2. The van der Waals surface area contributed by atoms with E-state index in [-0.39, 0.29) is 5.78 Å². The molecule has 0 heterocycles. The zero-order valence-corrected chi connectivity index (χ0v) is 12.4. The molecule has 0 saturated heterocycles. The van der Waals surface area contributed by atoms with Gasteiger partial charge in [0, 0.05) is 26.5 Å². The summed E-state index contributed by atoms with van der Waals surface area (Å²) < 4.78 is 0.955. The van der Waals surface area contributed by atoms with E-state index in [0.717, 1.165) is 10.0 Å². The van der Waals surface area contributed by atoms with Crippen LogP contribution in [0, 0.1) is 0 Å². The predicted octanol–water partition coefficient (Wildman–Crippen LogP) is 5.18. The number of halogens is 3. The summed E-state index contributed by atoms with van der Waals surface area (Å²) in [6.07, 6.45) is 0.329. The van der Waals surface area contributed by atoms with E-state index in [1.807, 2.05) is 24.3 Å². The average molecular weight is 344 g/mol. The molecule has 0 fully saturated rings. The lowest BCUT2D eigenvalue weighted by molar-refractivity contribution is 0.0993. The van der Waals surface area contributed by atoms with Gasteiger partial charge in [-0.15, -0.1) is 0 Å². The number of hydrogen-bond acceptors (Lipinski definition) is 1. The minimum atomic E-state index is -0.00231. The number of carbonyl (C=O) groups is 1. The van der Waals surface area contributed by atoms with Crippen LogP contribution in [0.5, 0.6) is 0 Å². The van der Waals surface area contributed by atoms with Gasteiger partial charge in [0.1, 0.15) is 0 Å². The van der Waals surface area contributed by atoms with E-state index >= 15 is 0 Å². The van der Waals surface area contributed by atoms with E-state index in [2.05, 4.69) is 15.9 Å². The van der Waals surface area contributed by atoms with Gasteiger partial charge in [-0.3, -0.25) is 4.79 Å². The summed E-state index contributed by atoms with van der Waals surface area (Å²) >= 11 is 15.1. The maximum absolute atomic E-state index is 12.1. The molecule has 0 N–H and O–H groups in total. The number of carbonyl (C=O) groups excluding carboxylic acids is 1. The van der Waals surface area contributed by atoms with Gasteiger partial charge in [0.2, 0.25) is 0 Å². The first-order valence-electron chi connectivity index (χ1n) is 5.28. The summed E-state index contributed by atoms with van der Waals surface area (Å²) in [5.74, 6) is -0.00231. The summed E-state index contributed by atoms with van der Waals surface area (Å²) in [6.45, 7) is 0. The molecule has 2 rings (SSSR count). The predicted molar refractivity (Wildman–Crippen MR) is 78.6 cm³/mol. The smallest absolute Gasteiger partial charge is 0.167 e. The zero-order valence-electron chi connectivity index (χ0n) is 9.29. The quantitative estimate of drug-likeness (QED) is 0.701. The van der Waals surface area contributed by atoms with E-state index in [0.29, 0.717) is 22.0 Å². The average Bonchev–Trinajstić information content (AvgIpc) is 2.27. The van der Waals surface area contributed by atoms with E-state index in [4.69, 9.17) is 23.2 Å². The molecule has 18 heavy (non-hydrogen) atoms. The lowest BCUT2D eigenvalue weighted by Gasteiger charge is -2.03. The summed E-state index contributed by atoms with van der Waals surface area (Å²) in [6, 6.07) is 12.5.